The first-order valence-electron chi connectivity index (χ1n) is 15.8. The molecular formula is C36H37ClN4O6. The van der Waals surface area contributed by atoms with Crippen molar-refractivity contribution in [3.05, 3.63) is 100 Å². The quantitative estimate of drug-likeness (QED) is 0.207. The van der Waals surface area contributed by atoms with Crippen LogP contribution in [0.4, 0.5) is 10.5 Å². The Morgan fingerprint density at radius 1 is 0.936 bits per heavy atom. The van der Waals surface area contributed by atoms with Gasteiger partial charge in [0.1, 0.15) is 12.1 Å². The van der Waals surface area contributed by atoms with Gasteiger partial charge in [0.05, 0.1) is 0 Å². The molecule has 4 N–H and O–H groups in total. The fourth-order valence-electron chi connectivity index (χ4n) is 7.59. The molecule has 3 fully saturated rings. The van der Waals surface area contributed by atoms with E-state index in [0.29, 0.717) is 42.0 Å². The molecule has 7 rings (SSSR count). The molecule has 244 valence electrons. The van der Waals surface area contributed by atoms with E-state index in [1.54, 1.807) is 42.5 Å². The largest absolute Gasteiger partial charge is 0.465 e. The van der Waals surface area contributed by atoms with Gasteiger partial charge in [0.2, 0.25) is 17.7 Å². The molecule has 1 aliphatic heterocycles. The molecule has 11 heteroatoms. The lowest BCUT2D eigenvalue weighted by atomic mass is 9.38. The monoisotopic (exact) mass is 656 g/mol. The van der Waals surface area contributed by atoms with E-state index in [0.717, 1.165) is 16.7 Å². The number of aryl methyl sites for hydroxylation is 1. The van der Waals surface area contributed by atoms with Crippen molar-refractivity contribution in [2.45, 2.75) is 76.0 Å². The number of nitrogens with one attached hydrogen (secondary N) is 3. The molecule has 3 aromatic carbocycles. The lowest BCUT2D eigenvalue weighted by Crippen LogP contribution is -2.75. The standard InChI is InChI=1S/C36H37ClN4O6/c1-22-15-26(11-12-27(22)37)38-32(44)28(17-35-19-36(20-35,21-35)40-34(46)47)39-33(45)29-16-24-9-5-6-10-25(24)18-41(29)31(43)14-13-30(42)23-7-3-2-4-8-23/h2-12,15,28-29,40H,13-14,16-21H2,1H3,(H,38,44)(H,39,45)(H,46,47)/t28?,29-,35?,36?/m0/s1. The number of rotatable bonds is 11. The summed E-state index contributed by atoms with van der Waals surface area (Å²) < 4.78 is 0. The molecule has 3 aromatic rings. The normalized spacial score (nSPS) is 22.9. The summed E-state index contributed by atoms with van der Waals surface area (Å²) in [5.74, 6) is -1.34. The van der Waals surface area contributed by atoms with E-state index < -0.39 is 35.5 Å². The van der Waals surface area contributed by atoms with E-state index in [2.05, 4.69) is 16.0 Å². The predicted octanol–water partition coefficient (Wildman–Crippen LogP) is 5.27. The van der Waals surface area contributed by atoms with Crippen molar-refractivity contribution in [3.63, 3.8) is 0 Å². The Labute approximate surface area is 277 Å². The zero-order chi connectivity index (χ0) is 33.3. The number of ketones is 1. The second-order valence-electron chi connectivity index (χ2n) is 13.3. The first-order chi connectivity index (χ1) is 22.4. The summed E-state index contributed by atoms with van der Waals surface area (Å²) in [4.78, 5) is 67.1. The van der Waals surface area contributed by atoms with Crippen molar-refractivity contribution >= 4 is 46.9 Å². The number of halogens is 1. The maximum atomic E-state index is 14.1. The van der Waals surface area contributed by atoms with E-state index in [9.17, 15) is 29.1 Å². The Morgan fingerprint density at radius 2 is 1.62 bits per heavy atom. The third-order valence-electron chi connectivity index (χ3n) is 9.74. The van der Waals surface area contributed by atoms with Crippen molar-refractivity contribution in [2.24, 2.45) is 5.41 Å². The van der Waals surface area contributed by atoms with Gasteiger partial charge in [0.25, 0.3) is 0 Å². The van der Waals surface area contributed by atoms with Gasteiger partial charge in [-0.2, -0.15) is 0 Å². The van der Waals surface area contributed by atoms with Crippen molar-refractivity contribution in [2.75, 3.05) is 5.32 Å². The lowest BCUT2D eigenvalue weighted by molar-refractivity contribution is -0.162. The molecule has 0 saturated heterocycles. The number of anilines is 1. The Balaban J connectivity index is 1.20. The summed E-state index contributed by atoms with van der Waals surface area (Å²) in [7, 11) is 0. The predicted molar refractivity (Wildman–Crippen MR) is 176 cm³/mol. The number of carbonyl (C=O) groups is 5. The third kappa shape index (κ3) is 6.88. The van der Waals surface area contributed by atoms with Crippen LogP contribution < -0.4 is 16.0 Å². The highest BCUT2D eigenvalue weighted by Crippen LogP contribution is 2.69. The molecule has 4 amide bonds. The molecule has 1 unspecified atom stereocenters. The Kier molecular flexibility index (Phi) is 8.80. The van der Waals surface area contributed by atoms with Crippen LogP contribution in [0.25, 0.3) is 0 Å². The minimum absolute atomic E-state index is 0.00945. The molecule has 0 aromatic heterocycles. The number of carbonyl (C=O) groups excluding carboxylic acids is 4. The molecule has 4 aliphatic rings. The zero-order valence-electron chi connectivity index (χ0n) is 26.1. The number of carboxylic acid groups (broad SMARTS) is 1. The maximum absolute atomic E-state index is 14.1. The Hall–Kier alpha value is -4.70. The molecule has 0 radical (unpaired) electrons. The molecule has 0 spiro atoms. The number of hydrogen-bond donors (Lipinski definition) is 4. The summed E-state index contributed by atoms with van der Waals surface area (Å²) in [5.41, 5.74) is 2.96. The summed E-state index contributed by atoms with van der Waals surface area (Å²) >= 11 is 6.18. The topological polar surface area (TPSA) is 145 Å². The molecule has 1 heterocycles. The SMILES string of the molecule is Cc1cc(NC(=O)C(CC23CC(NC(=O)O)(C2)C3)NC(=O)[C@@H]2Cc3ccccc3CN2C(=O)CCC(=O)c2ccccc2)ccc1Cl. The van der Waals surface area contributed by atoms with Gasteiger partial charge in [0.15, 0.2) is 5.78 Å². The van der Waals surface area contributed by atoms with Crippen molar-refractivity contribution in [1.29, 1.82) is 0 Å². The van der Waals surface area contributed by atoms with Gasteiger partial charge in [-0.25, -0.2) is 4.79 Å². The van der Waals surface area contributed by atoms with Gasteiger partial charge < -0.3 is 26.0 Å². The summed E-state index contributed by atoms with van der Waals surface area (Å²) in [5, 5.41) is 18.3. The lowest BCUT2D eigenvalue weighted by Gasteiger charge is -2.71. The van der Waals surface area contributed by atoms with E-state index in [1.165, 1.54) is 4.90 Å². The van der Waals surface area contributed by atoms with Crippen LogP contribution in [-0.2, 0) is 27.3 Å². The van der Waals surface area contributed by atoms with Crippen LogP contribution in [0, 0.1) is 12.3 Å². The van der Waals surface area contributed by atoms with Gasteiger partial charge in [0, 0.05) is 47.6 Å². The van der Waals surface area contributed by atoms with Gasteiger partial charge in [-0.05, 0) is 72.9 Å². The van der Waals surface area contributed by atoms with E-state index in [1.807, 2.05) is 37.3 Å². The van der Waals surface area contributed by atoms with Crippen LogP contribution in [-0.4, -0.2) is 57.2 Å². The minimum atomic E-state index is -1.08. The molecule has 10 nitrogen and oxygen atoms in total. The van der Waals surface area contributed by atoms with E-state index in [-0.39, 0.29) is 42.9 Å². The first-order valence-corrected chi connectivity index (χ1v) is 16.2. The van der Waals surface area contributed by atoms with Crippen LogP contribution in [0.5, 0.6) is 0 Å². The molecular weight excluding hydrogens is 620 g/mol. The number of nitrogens with zero attached hydrogens (tertiary/aromatic N) is 1. The minimum Gasteiger partial charge on any atom is -0.465 e. The average molecular weight is 657 g/mol. The number of benzene rings is 3. The van der Waals surface area contributed by atoms with Crippen LogP contribution in [0.1, 0.15) is 65.6 Å². The maximum Gasteiger partial charge on any atom is 0.405 e. The zero-order valence-corrected chi connectivity index (χ0v) is 26.8. The Morgan fingerprint density at radius 3 is 2.30 bits per heavy atom. The summed E-state index contributed by atoms with van der Waals surface area (Å²) in [6.07, 6.45) is 1.22. The van der Waals surface area contributed by atoms with Crippen LogP contribution in [0.2, 0.25) is 5.02 Å². The smallest absolute Gasteiger partial charge is 0.405 e. The molecule has 2 bridgehead atoms. The van der Waals surface area contributed by atoms with Crippen LogP contribution >= 0.6 is 11.6 Å². The fourth-order valence-corrected chi connectivity index (χ4v) is 7.71. The highest BCUT2D eigenvalue weighted by atomic mass is 35.5. The van der Waals surface area contributed by atoms with Crippen molar-refractivity contribution in [3.8, 4) is 0 Å². The van der Waals surface area contributed by atoms with Crippen molar-refractivity contribution < 1.29 is 29.1 Å². The fraction of sp³-hybridized carbons (Fsp3) is 0.361. The summed E-state index contributed by atoms with van der Waals surface area (Å²) in [6, 6.07) is 19.7. The Bertz CT molecular complexity index is 1720. The average Bonchev–Trinajstić information content (AvgIpc) is 3.02. The number of amides is 4. The molecule has 3 saturated carbocycles. The highest BCUT2D eigenvalue weighted by Gasteiger charge is 2.69. The first kappa shape index (κ1) is 32.2. The number of fused-ring (bicyclic) bond motifs is 1. The van der Waals surface area contributed by atoms with E-state index in [4.69, 9.17) is 11.6 Å². The van der Waals surface area contributed by atoms with Gasteiger partial charge in [-0.3, -0.25) is 19.2 Å². The van der Waals surface area contributed by atoms with Crippen LogP contribution in [0.15, 0.2) is 72.8 Å². The van der Waals surface area contributed by atoms with Gasteiger partial charge in [-0.15, -0.1) is 0 Å². The van der Waals surface area contributed by atoms with Gasteiger partial charge >= 0.3 is 6.09 Å². The second kappa shape index (κ2) is 12.8. The second-order valence-corrected chi connectivity index (χ2v) is 13.7. The van der Waals surface area contributed by atoms with Crippen LogP contribution in [0.3, 0.4) is 0 Å². The molecule has 47 heavy (non-hydrogen) atoms. The third-order valence-corrected chi connectivity index (χ3v) is 10.2. The van der Waals surface area contributed by atoms with Gasteiger partial charge in [-0.1, -0.05) is 66.2 Å². The van der Waals surface area contributed by atoms with Crippen molar-refractivity contribution in [1.82, 2.24) is 15.5 Å². The number of Topliss-reactive ketones (excluding diaryl/α,β-unsaturated/α-hetero) is 1. The van der Waals surface area contributed by atoms with E-state index >= 15 is 0 Å². The highest BCUT2D eigenvalue weighted by molar-refractivity contribution is 6.31. The molecule has 2 atom stereocenters. The summed E-state index contributed by atoms with van der Waals surface area (Å²) in [6.45, 7) is 2.04. The molecule has 3 aliphatic carbocycles. The number of hydrogen-bond acceptors (Lipinski definition) is 5.